The number of nitrogens with two attached hydrogens (primary N) is 2. The van der Waals surface area contributed by atoms with Crippen molar-refractivity contribution in [1.29, 1.82) is 0 Å². The summed E-state index contributed by atoms with van der Waals surface area (Å²) in [5.74, 6) is 1.03. The van der Waals surface area contributed by atoms with E-state index in [4.69, 9.17) is 16.2 Å². The van der Waals surface area contributed by atoms with Crippen molar-refractivity contribution in [3.05, 3.63) is 11.8 Å². The van der Waals surface area contributed by atoms with E-state index >= 15 is 0 Å². The summed E-state index contributed by atoms with van der Waals surface area (Å²) in [6, 6.07) is 0. The van der Waals surface area contributed by atoms with Crippen LogP contribution in [-0.4, -0.2) is 19.1 Å². The molecular weight excluding hydrogens is 154 g/mol. The van der Waals surface area contributed by atoms with Crippen LogP contribution in [0.4, 0.5) is 0 Å². The molecule has 0 saturated heterocycles. The Bertz CT molecular complexity index is 171. The lowest BCUT2D eigenvalue weighted by molar-refractivity contribution is 0.222. The minimum atomic E-state index is 0.107. The number of guanidine groups is 1. The van der Waals surface area contributed by atoms with Crippen molar-refractivity contribution in [2.45, 2.75) is 20.3 Å². The number of allylic oxidation sites excluding steroid dienone is 2. The molecule has 4 nitrogen and oxygen atoms in total. The number of hydrogen-bond acceptors (Lipinski definition) is 2. The van der Waals surface area contributed by atoms with Crippen molar-refractivity contribution in [2.75, 3.05) is 13.2 Å². The molecule has 0 saturated carbocycles. The topological polar surface area (TPSA) is 73.6 Å². The highest BCUT2D eigenvalue weighted by molar-refractivity contribution is 5.75. The fourth-order valence-electron chi connectivity index (χ4n) is 0.728. The minimum absolute atomic E-state index is 0.107. The fraction of sp³-hybridized carbons (Fsp3) is 0.625. The summed E-state index contributed by atoms with van der Waals surface area (Å²) in [6.45, 7) is 5.01. The SMILES string of the molecule is CC/C=C(\C)OCCN=C(N)N. The molecule has 0 spiro atoms. The highest BCUT2D eigenvalue weighted by atomic mass is 16.5. The number of rotatable bonds is 5. The van der Waals surface area contributed by atoms with Gasteiger partial charge in [0.05, 0.1) is 12.3 Å². The van der Waals surface area contributed by atoms with Crippen LogP contribution in [0, 0.1) is 0 Å². The van der Waals surface area contributed by atoms with Gasteiger partial charge in [0.15, 0.2) is 5.96 Å². The standard InChI is InChI=1S/C8H17N3O/c1-3-4-7(2)12-6-5-11-8(9)10/h4H,3,5-6H2,1-2H3,(H4,9,10,11)/b7-4+. The van der Waals surface area contributed by atoms with E-state index in [1.165, 1.54) is 0 Å². The van der Waals surface area contributed by atoms with Gasteiger partial charge in [0.2, 0.25) is 0 Å². The maximum atomic E-state index is 5.28. The summed E-state index contributed by atoms with van der Waals surface area (Å²) in [6.07, 6.45) is 2.99. The van der Waals surface area contributed by atoms with Gasteiger partial charge in [0.25, 0.3) is 0 Å². The van der Waals surface area contributed by atoms with Crippen molar-refractivity contribution in [2.24, 2.45) is 16.5 Å². The Balaban J connectivity index is 3.44. The molecule has 0 amide bonds. The molecule has 70 valence electrons. The van der Waals surface area contributed by atoms with Gasteiger partial charge in [0, 0.05) is 0 Å². The molecule has 0 heterocycles. The first-order valence-electron chi connectivity index (χ1n) is 4.01. The van der Waals surface area contributed by atoms with Crippen molar-refractivity contribution in [3.63, 3.8) is 0 Å². The lowest BCUT2D eigenvalue weighted by Crippen LogP contribution is -2.23. The largest absolute Gasteiger partial charge is 0.497 e. The van der Waals surface area contributed by atoms with Gasteiger partial charge in [-0.3, -0.25) is 4.99 Å². The van der Waals surface area contributed by atoms with Crippen LogP contribution in [0.2, 0.25) is 0 Å². The lowest BCUT2D eigenvalue weighted by Gasteiger charge is -2.03. The Kier molecular flexibility index (Phi) is 5.87. The second-order valence-electron chi connectivity index (χ2n) is 2.38. The van der Waals surface area contributed by atoms with Crippen LogP contribution in [-0.2, 0) is 4.74 Å². The minimum Gasteiger partial charge on any atom is -0.497 e. The molecule has 0 aliphatic carbocycles. The van der Waals surface area contributed by atoms with Gasteiger partial charge < -0.3 is 16.2 Å². The van der Waals surface area contributed by atoms with Gasteiger partial charge in [-0.25, -0.2) is 0 Å². The second-order valence-corrected chi connectivity index (χ2v) is 2.38. The van der Waals surface area contributed by atoms with Crippen LogP contribution in [0.25, 0.3) is 0 Å². The molecule has 0 aromatic heterocycles. The van der Waals surface area contributed by atoms with E-state index in [-0.39, 0.29) is 5.96 Å². The predicted octanol–water partition coefficient (Wildman–Crippen LogP) is 0.590. The Morgan fingerprint density at radius 3 is 2.67 bits per heavy atom. The van der Waals surface area contributed by atoms with Crippen LogP contribution < -0.4 is 11.5 Å². The average Bonchev–Trinajstić information content (AvgIpc) is 1.98. The van der Waals surface area contributed by atoms with E-state index in [0.717, 1.165) is 12.2 Å². The molecule has 4 heteroatoms. The van der Waals surface area contributed by atoms with Crippen molar-refractivity contribution in [1.82, 2.24) is 0 Å². The molecular formula is C8H17N3O. The molecule has 12 heavy (non-hydrogen) atoms. The summed E-state index contributed by atoms with van der Waals surface area (Å²) >= 11 is 0. The first-order valence-corrected chi connectivity index (χ1v) is 4.01. The summed E-state index contributed by atoms with van der Waals surface area (Å²) in [4.78, 5) is 3.78. The van der Waals surface area contributed by atoms with E-state index in [0.29, 0.717) is 13.2 Å². The molecule has 0 aromatic carbocycles. The van der Waals surface area contributed by atoms with Gasteiger partial charge in [-0.1, -0.05) is 6.92 Å². The molecule has 0 radical (unpaired) electrons. The van der Waals surface area contributed by atoms with Crippen LogP contribution >= 0.6 is 0 Å². The van der Waals surface area contributed by atoms with Crippen LogP contribution in [0.1, 0.15) is 20.3 Å². The predicted molar refractivity (Wildman–Crippen MR) is 50.7 cm³/mol. The lowest BCUT2D eigenvalue weighted by atomic mass is 10.4. The number of aliphatic imine (C=N–C) groups is 1. The van der Waals surface area contributed by atoms with Gasteiger partial charge in [-0.15, -0.1) is 0 Å². The summed E-state index contributed by atoms with van der Waals surface area (Å²) < 4.78 is 5.28. The van der Waals surface area contributed by atoms with E-state index in [2.05, 4.69) is 11.9 Å². The first-order chi connectivity index (χ1) is 5.66. The van der Waals surface area contributed by atoms with Crippen molar-refractivity contribution >= 4 is 5.96 Å². The third-order valence-corrected chi connectivity index (χ3v) is 1.21. The molecule has 4 N–H and O–H groups in total. The zero-order valence-corrected chi connectivity index (χ0v) is 7.71. The van der Waals surface area contributed by atoms with Crippen molar-refractivity contribution in [3.8, 4) is 0 Å². The summed E-state index contributed by atoms with van der Waals surface area (Å²) in [5.41, 5.74) is 10.3. The first kappa shape index (κ1) is 10.8. The molecule has 0 fully saturated rings. The Labute approximate surface area is 73.3 Å². The quantitative estimate of drug-likeness (QED) is 0.275. The maximum absolute atomic E-state index is 5.28. The van der Waals surface area contributed by atoms with E-state index in [9.17, 15) is 0 Å². The van der Waals surface area contributed by atoms with E-state index < -0.39 is 0 Å². The molecule has 0 unspecified atom stereocenters. The van der Waals surface area contributed by atoms with Crippen LogP contribution in [0.15, 0.2) is 16.8 Å². The van der Waals surface area contributed by atoms with Crippen LogP contribution in [0.5, 0.6) is 0 Å². The maximum Gasteiger partial charge on any atom is 0.186 e. The highest BCUT2D eigenvalue weighted by Gasteiger charge is 1.87. The Hall–Kier alpha value is -1.19. The third-order valence-electron chi connectivity index (χ3n) is 1.21. The van der Waals surface area contributed by atoms with Crippen molar-refractivity contribution < 1.29 is 4.74 Å². The zero-order valence-electron chi connectivity index (χ0n) is 7.71. The van der Waals surface area contributed by atoms with E-state index in [1.807, 2.05) is 13.0 Å². The second kappa shape index (κ2) is 6.52. The average molecular weight is 171 g/mol. The Morgan fingerprint density at radius 2 is 2.17 bits per heavy atom. The highest BCUT2D eigenvalue weighted by Crippen LogP contribution is 1.96. The molecule has 0 bridgehead atoms. The number of nitrogens with zero attached hydrogens (tertiary/aromatic N) is 1. The van der Waals surface area contributed by atoms with Gasteiger partial charge in [0.1, 0.15) is 6.61 Å². The Morgan fingerprint density at radius 1 is 1.50 bits per heavy atom. The summed E-state index contributed by atoms with van der Waals surface area (Å²) in [5, 5.41) is 0. The molecule has 0 aliphatic rings. The van der Waals surface area contributed by atoms with E-state index in [1.54, 1.807) is 0 Å². The normalized spacial score (nSPS) is 11.0. The number of hydrogen-bond donors (Lipinski definition) is 2. The van der Waals surface area contributed by atoms with Gasteiger partial charge in [-0.05, 0) is 19.4 Å². The molecule has 0 aromatic rings. The van der Waals surface area contributed by atoms with Gasteiger partial charge >= 0.3 is 0 Å². The summed E-state index contributed by atoms with van der Waals surface area (Å²) in [7, 11) is 0. The molecule has 0 rings (SSSR count). The third kappa shape index (κ3) is 6.92. The molecule has 0 aliphatic heterocycles. The number of ether oxygens (including phenoxy) is 1. The van der Waals surface area contributed by atoms with Gasteiger partial charge in [-0.2, -0.15) is 0 Å². The fourth-order valence-corrected chi connectivity index (χ4v) is 0.728. The zero-order chi connectivity index (χ0) is 9.40. The molecule has 0 atom stereocenters. The van der Waals surface area contributed by atoms with Crippen LogP contribution in [0.3, 0.4) is 0 Å². The monoisotopic (exact) mass is 171 g/mol. The smallest absolute Gasteiger partial charge is 0.186 e.